The van der Waals surface area contributed by atoms with Crippen molar-refractivity contribution in [1.29, 1.82) is 0 Å². The van der Waals surface area contributed by atoms with Gasteiger partial charge in [0.05, 0.1) is 11.5 Å². The molecule has 2 aromatic heterocycles. The van der Waals surface area contributed by atoms with Crippen LogP contribution in [-0.4, -0.2) is 53.5 Å². The molecule has 2 aromatic rings. The highest BCUT2D eigenvalue weighted by Crippen LogP contribution is 2.22. The first-order chi connectivity index (χ1) is 10.0. The van der Waals surface area contributed by atoms with Gasteiger partial charge in [0.25, 0.3) is 5.91 Å². The molecule has 0 unspecified atom stereocenters. The van der Waals surface area contributed by atoms with Crippen molar-refractivity contribution in [1.82, 2.24) is 15.1 Å². The number of sulfone groups is 1. The number of aromatic nitrogens is 2. The molecule has 0 atom stereocenters. The number of hydrogen-bond donors (Lipinski definition) is 1. The van der Waals surface area contributed by atoms with Crippen LogP contribution in [0.15, 0.2) is 28.9 Å². The number of hydrogen-bond acceptors (Lipinski definition) is 5. The first-order valence-corrected chi connectivity index (χ1v) is 8.33. The number of H-pyrrole nitrogens is 1. The third-order valence-corrected chi connectivity index (χ3v) is 5.75. The predicted molar refractivity (Wildman–Crippen MR) is 75.4 cm³/mol. The SMILES string of the molecule is CCS(=O)(=O)C1CN(C(=O)c2cc(-c3ccco3)[nH]n2)C1. The predicted octanol–water partition coefficient (Wildman–Crippen LogP) is 0.929. The molecule has 3 heterocycles. The van der Waals surface area contributed by atoms with E-state index in [4.69, 9.17) is 4.42 Å². The van der Waals surface area contributed by atoms with E-state index in [1.54, 1.807) is 25.1 Å². The quantitative estimate of drug-likeness (QED) is 0.906. The smallest absolute Gasteiger partial charge is 0.274 e. The van der Waals surface area contributed by atoms with Crippen LogP contribution in [0.1, 0.15) is 17.4 Å². The van der Waals surface area contributed by atoms with E-state index in [9.17, 15) is 13.2 Å². The zero-order chi connectivity index (χ0) is 15.0. The van der Waals surface area contributed by atoms with Crippen LogP contribution in [0.5, 0.6) is 0 Å². The maximum absolute atomic E-state index is 12.2. The van der Waals surface area contributed by atoms with Crippen LogP contribution in [0, 0.1) is 0 Å². The molecule has 1 aliphatic rings. The monoisotopic (exact) mass is 309 g/mol. The molecule has 21 heavy (non-hydrogen) atoms. The summed E-state index contributed by atoms with van der Waals surface area (Å²) in [6.07, 6.45) is 1.54. The molecule has 0 saturated carbocycles. The fourth-order valence-corrected chi connectivity index (χ4v) is 3.50. The van der Waals surface area contributed by atoms with E-state index in [0.29, 0.717) is 11.5 Å². The summed E-state index contributed by atoms with van der Waals surface area (Å²) in [5.74, 6) is 0.424. The second-order valence-electron chi connectivity index (χ2n) is 4.93. The number of nitrogens with zero attached hydrogens (tertiary/aromatic N) is 2. The summed E-state index contributed by atoms with van der Waals surface area (Å²) in [4.78, 5) is 13.7. The van der Waals surface area contributed by atoms with Crippen molar-refractivity contribution in [2.45, 2.75) is 12.2 Å². The van der Waals surface area contributed by atoms with Crippen molar-refractivity contribution in [2.24, 2.45) is 0 Å². The second kappa shape index (κ2) is 5.03. The molecule has 0 aromatic carbocycles. The van der Waals surface area contributed by atoms with Gasteiger partial charge in [0.2, 0.25) is 0 Å². The number of nitrogens with one attached hydrogen (secondary N) is 1. The molecule has 1 aliphatic heterocycles. The largest absolute Gasteiger partial charge is 0.463 e. The van der Waals surface area contributed by atoms with Crippen LogP contribution in [0.25, 0.3) is 11.5 Å². The molecule has 112 valence electrons. The number of furan rings is 1. The van der Waals surface area contributed by atoms with Gasteiger partial charge in [-0.05, 0) is 12.1 Å². The Balaban J connectivity index is 1.68. The van der Waals surface area contributed by atoms with Gasteiger partial charge in [-0.1, -0.05) is 6.92 Å². The van der Waals surface area contributed by atoms with Crippen LogP contribution in [0.4, 0.5) is 0 Å². The van der Waals surface area contributed by atoms with Crippen LogP contribution in [-0.2, 0) is 9.84 Å². The van der Waals surface area contributed by atoms with Gasteiger partial charge in [0.15, 0.2) is 21.3 Å². The Kier molecular flexibility index (Phi) is 3.32. The topological polar surface area (TPSA) is 96.3 Å². The molecule has 1 fully saturated rings. The molecule has 1 N–H and O–H groups in total. The molecule has 3 rings (SSSR count). The van der Waals surface area contributed by atoms with Crippen molar-refractivity contribution in [3.8, 4) is 11.5 Å². The highest BCUT2D eigenvalue weighted by atomic mass is 32.2. The summed E-state index contributed by atoms with van der Waals surface area (Å²) >= 11 is 0. The molecule has 0 radical (unpaired) electrons. The number of carbonyl (C=O) groups excluding carboxylic acids is 1. The highest BCUT2D eigenvalue weighted by molar-refractivity contribution is 7.92. The lowest BCUT2D eigenvalue weighted by molar-refractivity contribution is 0.0653. The molecular weight excluding hydrogens is 294 g/mol. The third-order valence-electron chi connectivity index (χ3n) is 3.63. The summed E-state index contributed by atoms with van der Waals surface area (Å²) in [7, 11) is -3.08. The van der Waals surface area contributed by atoms with Gasteiger partial charge in [0, 0.05) is 24.9 Å². The second-order valence-corrected chi connectivity index (χ2v) is 7.50. The summed E-state index contributed by atoms with van der Waals surface area (Å²) in [5.41, 5.74) is 0.871. The standard InChI is InChI=1S/C13H15N3O4S/c1-2-21(18,19)9-7-16(8-9)13(17)11-6-10(14-15-11)12-4-3-5-20-12/h3-6,9H,2,7-8H2,1H3,(H,14,15). The van der Waals surface area contributed by atoms with E-state index < -0.39 is 15.1 Å². The highest BCUT2D eigenvalue weighted by Gasteiger charge is 2.39. The Bertz CT molecular complexity index is 742. The number of aromatic amines is 1. The molecule has 0 bridgehead atoms. The molecule has 0 aliphatic carbocycles. The number of likely N-dealkylation sites (tertiary alicyclic amines) is 1. The van der Waals surface area contributed by atoms with Crippen molar-refractivity contribution >= 4 is 15.7 Å². The Hall–Kier alpha value is -2.09. The fourth-order valence-electron chi connectivity index (χ4n) is 2.22. The van der Waals surface area contributed by atoms with E-state index in [2.05, 4.69) is 10.2 Å². The Morgan fingerprint density at radius 2 is 2.29 bits per heavy atom. The minimum absolute atomic E-state index is 0.102. The van der Waals surface area contributed by atoms with Gasteiger partial charge in [-0.15, -0.1) is 0 Å². The maximum atomic E-state index is 12.2. The lowest BCUT2D eigenvalue weighted by atomic mass is 10.2. The number of carbonyl (C=O) groups is 1. The van der Waals surface area contributed by atoms with E-state index >= 15 is 0 Å². The van der Waals surface area contributed by atoms with Gasteiger partial charge in [-0.25, -0.2) is 8.42 Å². The first-order valence-electron chi connectivity index (χ1n) is 6.61. The van der Waals surface area contributed by atoms with Crippen molar-refractivity contribution in [3.63, 3.8) is 0 Å². The number of rotatable bonds is 4. The minimum Gasteiger partial charge on any atom is -0.463 e. The minimum atomic E-state index is -3.08. The van der Waals surface area contributed by atoms with Gasteiger partial charge >= 0.3 is 0 Å². The molecule has 1 saturated heterocycles. The Morgan fingerprint density at radius 1 is 1.52 bits per heavy atom. The maximum Gasteiger partial charge on any atom is 0.274 e. The lowest BCUT2D eigenvalue weighted by Crippen LogP contribution is -2.57. The van der Waals surface area contributed by atoms with Crippen LogP contribution in [0.2, 0.25) is 0 Å². The van der Waals surface area contributed by atoms with Crippen molar-refractivity contribution in [2.75, 3.05) is 18.8 Å². The van der Waals surface area contributed by atoms with Gasteiger partial charge in [-0.3, -0.25) is 9.89 Å². The normalized spacial score (nSPS) is 16.0. The van der Waals surface area contributed by atoms with Gasteiger partial charge in [0.1, 0.15) is 5.69 Å². The average molecular weight is 309 g/mol. The Morgan fingerprint density at radius 3 is 2.90 bits per heavy atom. The molecule has 7 nitrogen and oxygen atoms in total. The first kappa shape index (κ1) is 13.9. The van der Waals surface area contributed by atoms with E-state index in [1.807, 2.05) is 0 Å². The van der Waals surface area contributed by atoms with E-state index in [1.165, 1.54) is 11.2 Å². The molecule has 0 spiro atoms. The van der Waals surface area contributed by atoms with Crippen LogP contribution in [0.3, 0.4) is 0 Å². The van der Waals surface area contributed by atoms with Crippen LogP contribution < -0.4 is 0 Å². The summed E-state index contributed by atoms with van der Waals surface area (Å²) in [6.45, 7) is 2.08. The Labute approximate surface area is 121 Å². The summed E-state index contributed by atoms with van der Waals surface area (Å²) in [6, 6.07) is 5.10. The fraction of sp³-hybridized carbons (Fsp3) is 0.385. The molecule has 8 heteroatoms. The van der Waals surface area contributed by atoms with Gasteiger partial charge in [-0.2, -0.15) is 5.10 Å². The van der Waals surface area contributed by atoms with E-state index in [-0.39, 0.29) is 30.4 Å². The van der Waals surface area contributed by atoms with E-state index in [0.717, 1.165) is 0 Å². The zero-order valence-corrected chi connectivity index (χ0v) is 12.3. The summed E-state index contributed by atoms with van der Waals surface area (Å²) < 4.78 is 28.6. The third kappa shape index (κ3) is 2.46. The average Bonchev–Trinajstić information content (AvgIpc) is 3.07. The number of amides is 1. The lowest BCUT2D eigenvalue weighted by Gasteiger charge is -2.37. The van der Waals surface area contributed by atoms with Crippen molar-refractivity contribution < 1.29 is 17.6 Å². The van der Waals surface area contributed by atoms with Crippen LogP contribution >= 0.6 is 0 Å². The molecule has 1 amide bonds. The van der Waals surface area contributed by atoms with Crippen molar-refractivity contribution in [3.05, 3.63) is 30.2 Å². The summed E-state index contributed by atoms with van der Waals surface area (Å²) in [5, 5.41) is 6.24. The van der Waals surface area contributed by atoms with Gasteiger partial charge < -0.3 is 9.32 Å². The molecular formula is C13H15N3O4S. The zero-order valence-electron chi connectivity index (χ0n) is 11.4.